The minimum atomic E-state index is -3.10. The number of carbonyl (C=O) groups excluding carboxylic acids is 1. The van der Waals surface area contributed by atoms with E-state index in [1.807, 2.05) is 31.2 Å². The van der Waals surface area contributed by atoms with Crippen LogP contribution in [-0.4, -0.2) is 38.9 Å². The van der Waals surface area contributed by atoms with Crippen molar-refractivity contribution in [2.75, 3.05) is 18.6 Å². The highest BCUT2D eigenvalue weighted by Crippen LogP contribution is 2.25. The highest BCUT2D eigenvalue weighted by molar-refractivity contribution is 7.90. The number of rotatable bonds is 7. The van der Waals surface area contributed by atoms with Gasteiger partial charge in [0.2, 0.25) is 5.91 Å². The molecule has 0 spiro atoms. The van der Waals surface area contributed by atoms with E-state index in [1.165, 1.54) is 11.1 Å². The molecule has 0 saturated heterocycles. The molecule has 0 aliphatic rings. The molecule has 3 N–H and O–H groups in total. The highest BCUT2D eigenvalue weighted by Gasteiger charge is 2.24. The zero-order chi connectivity index (χ0) is 17.0. The summed E-state index contributed by atoms with van der Waals surface area (Å²) in [6, 6.07) is 7.24. The van der Waals surface area contributed by atoms with Gasteiger partial charge in [-0.25, -0.2) is 8.42 Å². The number of carbonyl (C=O) groups is 1. The van der Waals surface area contributed by atoms with Crippen LogP contribution in [-0.2, 0) is 20.0 Å². The lowest BCUT2D eigenvalue weighted by Gasteiger charge is -2.28. The summed E-state index contributed by atoms with van der Waals surface area (Å²) in [5, 5.41) is 2.83. The number of nitrogens with two attached hydrogens (primary N) is 1. The Morgan fingerprint density at radius 2 is 1.91 bits per heavy atom. The van der Waals surface area contributed by atoms with Crippen molar-refractivity contribution in [3.63, 3.8) is 0 Å². The summed E-state index contributed by atoms with van der Waals surface area (Å²) in [7, 11) is -3.10. The van der Waals surface area contributed by atoms with Crippen LogP contribution < -0.4 is 11.1 Å². The van der Waals surface area contributed by atoms with E-state index in [0.29, 0.717) is 6.54 Å². The largest absolute Gasteiger partial charge is 0.354 e. The predicted octanol–water partition coefficient (Wildman–Crippen LogP) is 1.15. The van der Waals surface area contributed by atoms with Crippen LogP contribution in [0.25, 0.3) is 0 Å². The summed E-state index contributed by atoms with van der Waals surface area (Å²) < 4.78 is 22.2. The Labute approximate surface area is 133 Å². The van der Waals surface area contributed by atoms with Crippen LogP contribution in [0.1, 0.15) is 31.4 Å². The summed E-state index contributed by atoms with van der Waals surface area (Å²) in [6.07, 6.45) is 1.27. The molecule has 1 atom stereocenters. The van der Waals surface area contributed by atoms with Crippen molar-refractivity contribution in [2.45, 2.75) is 38.6 Å². The lowest BCUT2D eigenvalue weighted by molar-refractivity contribution is -0.122. The average molecular weight is 326 g/mol. The minimum Gasteiger partial charge on any atom is -0.354 e. The van der Waals surface area contributed by atoms with Gasteiger partial charge in [-0.3, -0.25) is 4.79 Å². The molecule has 1 aromatic carbocycles. The molecule has 6 heteroatoms. The van der Waals surface area contributed by atoms with E-state index in [-0.39, 0.29) is 23.5 Å². The fraction of sp³-hybridized carbons (Fsp3) is 0.562. The van der Waals surface area contributed by atoms with E-state index in [1.54, 1.807) is 0 Å². The number of benzene rings is 1. The van der Waals surface area contributed by atoms with Crippen LogP contribution in [0.5, 0.6) is 0 Å². The molecule has 22 heavy (non-hydrogen) atoms. The molecular weight excluding hydrogens is 300 g/mol. The Kier molecular flexibility index (Phi) is 6.14. The van der Waals surface area contributed by atoms with Gasteiger partial charge in [0.1, 0.15) is 9.84 Å². The smallest absolute Gasteiger partial charge is 0.236 e. The fourth-order valence-corrected chi connectivity index (χ4v) is 3.02. The molecular formula is C16H26N2O3S. The quantitative estimate of drug-likeness (QED) is 0.786. The first kappa shape index (κ1) is 18.6. The monoisotopic (exact) mass is 326 g/mol. The molecule has 1 unspecified atom stereocenters. The first-order valence-corrected chi connectivity index (χ1v) is 9.36. The molecule has 0 aromatic heterocycles. The van der Waals surface area contributed by atoms with Gasteiger partial charge in [0, 0.05) is 18.2 Å². The lowest BCUT2D eigenvalue weighted by Crippen LogP contribution is -2.46. The highest BCUT2D eigenvalue weighted by atomic mass is 32.2. The van der Waals surface area contributed by atoms with Gasteiger partial charge >= 0.3 is 0 Å². The van der Waals surface area contributed by atoms with Gasteiger partial charge in [0.25, 0.3) is 0 Å². The van der Waals surface area contributed by atoms with E-state index in [9.17, 15) is 13.2 Å². The molecule has 0 fully saturated rings. The number of hydrogen-bond acceptors (Lipinski definition) is 4. The second kappa shape index (κ2) is 7.24. The van der Waals surface area contributed by atoms with Gasteiger partial charge in [0.05, 0.1) is 11.8 Å². The van der Waals surface area contributed by atoms with Gasteiger partial charge in [-0.1, -0.05) is 38.1 Å². The maximum atomic E-state index is 12.0. The third kappa shape index (κ3) is 5.77. The normalized spacial score (nSPS) is 13.7. The second-order valence-corrected chi connectivity index (χ2v) is 8.70. The summed E-state index contributed by atoms with van der Waals surface area (Å²) in [5.74, 6) is -0.395. The number of amides is 1. The van der Waals surface area contributed by atoms with E-state index < -0.39 is 15.9 Å². The molecule has 0 saturated carbocycles. The molecule has 0 aliphatic carbocycles. The standard InChI is InChI=1S/C16H26N2O3S/c1-12-7-5-6-8-13(12)16(2,3)11-18-15(19)14(17)9-10-22(4,20)21/h5-8,14H,9-11,17H2,1-4H3,(H,18,19). The van der Waals surface area contributed by atoms with Gasteiger partial charge in [-0.2, -0.15) is 0 Å². The van der Waals surface area contributed by atoms with Gasteiger partial charge < -0.3 is 11.1 Å². The first-order valence-electron chi connectivity index (χ1n) is 7.30. The van der Waals surface area contributed by atoms with Crippen LogP contribution in [0.2, 0.25) is 0 Å². The second-order valence-electron chi connectivity index (χ2n) is 6.44. The maximum absolute atomic E-state index is 12.0. The molecule has 1 aromatic rings. The van der Waals surface area contributed by atoms with E-state index in [0.717, 1.165) is 6.26 Å². The zero-order valence-electron chi connectivity index (χ0n) is 13.7. The van der Waals surface area contributed by atoms with E-state index in [2.05, 4.69) is 19.2 Å². The molecule has 0 bridgehead atoms. The van der Waals surface area contributed by atoms with E-state index in [4.69, 9.17) is 5.73 Å². The Bertz CT molecular complexity index is 624. The number of hydrogen-bond donors (Lipinski definition) is 2. The Balaban J connectivity index is 2.61. The molecule has 0 radical (unpaired) electrons. The van der Waals surface area contributed by atoms with Crippen LogP contribution in [0.15, 0.2) is 24.3 Å². The zero-order valence-corrected chi connectivity index (χ0v) is 14.5. The van der Waals surface area contributed by atoms with Crippen LogP contribution in [0.4, 0.5) is 0 Å². The molecule has 1 amide bonds. The van der Waals surface area contributed by atoms with Crippen molar-refractivity contribution in [1.29, 1.82) is 0 Å². The average Bonchev–Trinajstić information content (AvgIpc) is 2.41. The summed E-state index contributed by atoms with van der Waals surface area (Å²) in [5.41, 5.74) is 7.86. The summed E-state index contributed by atoms with van der Waals surface area (Å²) >= 11 is 0. The van der Waals surface area contributed by atoms with Crippen molar-refractivity contribution in [3.8, 4) is 0 Å². The molecule has 1 rings (SSSR count). The van der Waals surface area contributed by atoms with Gasteiger partial charge in [0.15, 0.2) is 0 Å². The first-order chi connectivity index (χ1) is 10.0. The van der Waals surface area contributed by atoms with Crippen LogP contribution >= 0.6 is 0 Å². The summed E-state index contributed by atoms with van der Waals surface area (Å²) in [6.45, 7) is 6.59. The van der Waals surface area contributed by atoms with Gasteiger partial charge in [-0.05, 0) is 24.5 Å². The Morgan fingerprint density at radius 3 is 2.45 bits per heavy atom. The summed E-state index contributed by atoms with van der Waals surface area (Å²) in [4.78, 5) is 12.0. The lowest BCUT2D eigenvalue weighted by atomic mass is 9.82. The third-order valence-electron chi connectivity index (χ3n) is 3.72. The number of sulfone groups is 1. The predicted molar refractivity (Wildman–Crippen MR) is 89.5 cm³/mol. The molecule has 0 aliphatic heterocycles. The maximum Gasteiger partial charge on any atom is 0.236 e. The molecule has 124 valence electrons. The SMILES string of the molecule is Cc1ccccc1C(C)(C)CNC(=O)C(N)CCS(C)(=O)=O. The Hall–Kier alpha value is -1.40. The minimum absolute atomic E-state index is 0.0806. The topological polar surface area (TPSA) is 89.3 Å². The molecule has 5 nitrogen and oxygen atoms in total. The fourth-order valence-electron chi connectivity index (χ4n) is 2.34. The van der Waals surface area contributed by atoms with Gasteiger partial charge in [-0.15, -0.1) is 0 Å². The number of aryl methyl sites for hydroxylation is 1. The molecule has 0 heterocycles. The third-order valence-corrected chi connectivity index (χ3v) is 4.69. The van der Waals surface area contributed by atoms with Crippen LogP contribution in [0.3, 0.4) is 0 Å². The Morgan fingerprint density at radius 1 is 1.32 bits per heavy atom. The van der Waals surface area contributed by atoms with Crippen LogP contribution in [0, 0.1) is 6.92 Å². The van der Waals surface area contributed by atoms with E-state index >= 15 is 0 Å². The number of nitrogens with one attached hydrogen (secondary N) is 1. The van der Waals surface area contributed by atoms with Crippen molar-refractivity contribution in [3.05, 3.63) is 35.4 Å². The van der Waals surface area contributed by atoms with Crippen molar-refractivity contribution < 1.29 is 13.2 Å². The van der Waals surface area contributed by atoms with Crippen molar-refractivity contribution in [1.82, 2.24) is 5.32 Å². The van der Waals surface area contributed by atoms with Crippen molar-refractivity contribution in [2.24, 2.45) is 5.73 Å². The van der Waals surface area contributed by atoms with Crippen molar-refractivity contribution >= 4 is 15.7 Å².